The highest BCUT2D eigenvalue weighted by atomic mass is 32.1. The van der Waals surface area contributed by atoms with Gasteiger partial charge in [0.2, 0.25) is 0 Å². The van der Waals surface area contributed by atoms with Crippen molar-refractivity contribution in [1.29, 1.82) is 0 Å². The SMILES string of the molecule is Cc1ncsc1C(C)NCc1cc(F)ccc1F. The normalized spacial score (nSPS) is 12.7. The van der Waals surface area contributed by atoms with E-state index in [4.69, 9.17) is 0 Å². The van der Waals surface area contributed by atoms with E-state index < -0.39 is 11.6 Å². The third-order valence-corrected chi connectivity index (χ3v) is 3.90. The van der Waals surface area contributed by atoms with Gasteiger partial charge in [-0.1, -0.05) is 0 Å². The summed E-state index contributed by atoms with van der Waals surface area (Å²) in [5, 5.41) is 3.17. The van der Waals surface area contributed by atoms with Gasteiger partial charge < -0.3 is 5.32 Å². The zero-order valence-corrected chi connectivity index (χ0v) is 11.0. The van der Waals surface area contributed by atoms with E-state index in [1.807, 2.05) is 13.8 Å². The molecule has 96 valence electrons. The Balaban J connectivity index is 2.03. The zero-order valence-electron chi connectivity index (χ0n) is 10.2. The number of rotatable bonds is 4. The van der Waals surface area contributed by atoms with E-state index in [-0.39, 0.29) is 6.04 Å². The molecular formula is C13H14F2N2S. The quantitative estimate of drug-likeness (QED) is 0.916. The van der Waals surface area contributed by atoms with Gasteiger partial charge in [0.05, 0.1) is 11.2 Å². The van der Waals surface area contributed by atoms with Crippen LogP contribution in [0, 0.1) is 18.6 Å². The summed E-state index contributed by atoms with van der Waals surface area (Å²) in [6.45, 7) is 4.21. The molecule has 0 radical (unpaired) electrons. The van der Waals surface area contributed by atoms with Crippen molar-refractivity contribution in [2.24, 2.45) is 0 Å². The molecule has 0 fully saturated rings. The number of halogens is 2. The summed E-state index contributed by atoms with van der Waals surface area (Å²) in [6.07, 6.45) is 0. The molecule has 0 aliphatic rings. The number of nitrogens with one attached hydrogen (secondary N) is 1. The maximum atomic E-state index is 13.4. The van der Waals surface area contributed by atoms with Crippen LogP contribution in [-0.4, -0.2) is 4.98 Å². The fourth-order valence-electron chi connectivity index (χ4n) is 1.76. The molecule has 2 rings (SSSR count). The van der Waals surface area contributed by atoms with Gasteiger partial charge in [0.15, 0.2) is 0 Å². The molecule has 5 heteroatoms. The molecular weight excluding hydrogens is 254 g/mol. The highest BCUT2D eigenvalue weighted by Crippen LogP contribution is 2.21. The van der Waals surface area contributed by atoms with E-state index in [1.165, 1.54) is 6.07 Å². The monoisotopic (exact) mass is 268 g/mol. The maximum Gasteiger partial charge on any atom is 0.127 e. The van der Waals surface area contributed by atoms with Crippen molar-refractivity contribution >= 4 is 11.3 Å². The molecule has 1 unspecified atom stereocenters. The molecule has 1 aromatic heterocycles. The molecule has 0 spiro atoms. The molecule has 0 bridgehead atoms. The van der Waals surface area contributed by atoms with Crippen molar-refractivity contribution in [2.75, 3.05) is 0 Å². The minimum atomic E-state index is -0.421. The van der Waals surface area contributed by atoms with Crippen molar-refractivity contribution < 1.29 is 8.78 Å². The summed E-state index contributed by atoms with van der Waals surface area (Å²) in [5.41, 5.74) is 3.09. The van der Waals surface area contributed by atoms with E-state index >= 15 is 0 Å². The molecule has 2 nitrogen and oxygen atoms in total. The third-order valence-electron chi connectivity index (χ3n) is 2.78. The van der Waals surface area contributed by atoms with Gasteiger partial charge >= 0.3 is 0 Å². The van der Waals surface area contributed by atoms with Crippen LogP contribution in [0.3, 0.4) is 0 Å². The molecule has 1 N–H and O–H groups in total. The average molecular weight is 268 g/mol. The molecule has 2 aromatic rings. The van der Waals surface area contributed by atoms with E-state index in [9.17, 15) is 8.78 Å². The Hall–Kier alpha value is -1.33. The van der Waals surface area contributed by atoms with Crippen molar-refractivity contribution in [3.63, 3.8) is 0 Å². The van der Waals surface area contributed by atoms with Crippen LogP contribution < -0.4 is 5.32 Å². The van der Waals surface area contributed by atoms with Crippen LogP contribution >= 0.6 is 11.3 Å². The Morgan fingerprint density at radius 2 is 2.17 bits per heavy atom. The minimum Gasteiger partial charge on any atom is -0.305 e. The summed E-state index contributed by atoms with van der Waals surface area (Å²) in [5.74, 6) is -0.813. The Bertz CT molecular complexity index is 540. The first-order valence-electron chi connectivity index (χ1n) is 5.65. The lowest BCUT2D eigenvalue weighted by molar-refractivity contribution is 0.538. The van der Waals surface area contributed by atoms with Crippen LogP contribution in [0.25, 0.3) is 0 Å². The van der Waals surface area contributed by atoms with Crippen LogP contribution in [0.2, 0.25) is 0 Å². The van der Waals surface area contributed by atoms with Crippen molar-refractivity contribution in [3.05, 3.63) is 51.5 Å². The summed E-state index contributed by atoms with van der Waals surface area (Å²) in [7, 11) is 0. The number of aromatic nitrogens is 1. The number of hydrogen-bond donors (Lipinski definition) is 1. The van der Waals surface area contributed by atoms with Gasteiger partial charge in [-0.05, 0) is 32.0 Å². The van der Waals surface area contributed by atoms with Gasteiger partial charge in [0.1, 0.15) is 11.6 Å². The van der Waals surface area contributed by atoms with Gasteiger partial charge in [0, 0.05) is 23.0 Å². The highest BCUT2D eigenvalue weighted by molar-refractivity contribution is 7.09. The molecule has 0 saturated carbocycles. The van der Waals surface area contributed by atoms with Gasteiger partial charge in [-0.25, -0.2) is 13.8 Å². The Kier molecular flexibility index (Phi) is 4.04. The standard InChI is InChI=1S/C13H14F2N2S/c1-8(13-9(2)17-7-18-13)16-6-10-5-11(14)3-4-12(10)15/h3-5,7-8,16H,6H2,1-2H3. The topological polar surface area (TPSA) is 24.9 Å². The fourth-order valence-corrected chi connectivity index (χ4v) is 2.60. The number of aryl methyl sites for hydroxylation is 1. The second kappa shape index (κ2) is 5.54. The molecule has 0 aliphatic heterocycles. The van der Waals surface area contributed by atoms with Crippen LogP contribution in [0.5, 0.6) is 0 Å². The highest BCUT2D eigenvalue weighted by Gasteiger charge is 2.11. The first-order valence-corrected chi connectivity index (χ1v) is 6.53. The third kappa shape index (κ3) is 2.91. The Morgan fingerprint density at radius 1 is 1.39 bits per heavy atom. The van der Waals surface area contributed by atoms with Crippen LogP contribution in [0.15, 0.2) is 23.7 Å². The van der Waals surface area contributed by atoms with Gasteiger partial charge in [-0.2, -0.15) is 0 Å². The summed E-state index contributed by atoms with van der Waals surface area (Å²) >= 11 is 1.56. The second-order valence-electron chi connectivity index (χ2n) is 4.14. The fraction of sp³-hybridized carbons (Fsp3) is 0.308. The number of benzene rings is 1. The lowest BCUT2D eigenvalue weighted by Crippen LogP contribution is -2.18. The zero-order chi connectivity index (χ0) is 13.1. The molecule has 1 atom stereocenters. The average Bonchev–Trinajstić information content (AvgIpc) is 2.76. The molecule has 0 amide bonds. The number of hydrogen-bond acceptors (Lipinski definition) is 3. The van der Waals surface area contributed by atoms with Crippen molar-refractivity contribution in [1.82, 2.24) is 10.3 Å². The van der Waals surface area contributed by atoms with E-state index in [0.717, 1.165) is 22.7 Å². The lowest BCUT2D eigenvalue weighted by Gasteiger charge is -2.13. The Morgan fingerprint density at radius 3 is 2.83 bits per heavy atom. The van der Waals surface area contributed by atoms with Crippen LogP contribution in [0.4, 0.5) is 8.78 Å². The van der Waals surface area contributed by atoms with E-state index in [0.29, 0.717) is 12.1 Å². The predicted octanol–water partition coefficient (Wildman–Crippen LogP) is 3.58. The summed E-state index contributed by atoms with van der Waals surface area (Å²) in [4.78, 5) is 5.29. The number of thiazole rings is 1. The smallest absolute Gasteiger partial charge is 0.127 e. The molecule has 0 aliphatic carbocycles. The van der Waals surface area contributed by atoms with Gasteiger partial charge in [-0.3, -0.25) is 0 Å². The van der Waals surface area contributed by atoms with Crippen LogP contribution in [0.1, 0.15) is 29.1 Å². The Labute approximate surface area is 109 Å². The molecule has 1 heterocycles. The summed E-state index contributed by atoms with van der Waals surface area (Å²) < 4.78 is 26.4. The largest absolute Gasteiger partial charge is 0.305 e. The van der Waals surface area contributed by atoms with E-state index in [2.05, 4.69) is 10.3 Å². The maximum absolute atomic E-state index is 13.4. The summed E-state index contributed by atoms with van der Waals surface area (Å²) in [6, 6.07) is 3.55. The van der Waals surface area contributed by atoms with Crippen LogP contribution in [-0.2, 0) is 6.54 Å². The van der Waals surface area contributed by atoms with Gasteiger partial charge in [0.25, 0.3) is 0 Å². The van der Waals surface area contributed by atoms with Crippen molar-refractivity contribution in [2.45, 2.75) is 26.4 Å². The van der Waals surface area contributed by atoms with E-state index in [1.54, 1.807) is 16.8 Å². The minimum absolute atomic E-state index is 0.0696. The second-order valence-corrected chi connectivity index (χ2v) is 5.03. The molecule has 0 saturated heterocycles. The number of nitrogens with zero attached hydrogens (tertiary/aromatic N) is 1. The van der Waals surface area contributed by atoms with Gasteiger partial charge in [-0.15, -0.1) is 11.3 Å². The molecule has 18 heavy (non-hydrogen) atoms. The lowest BCUT2D eigenvalue weighted by atomic mass is 10.2. The first kappa shape index (κ1) is 13.1. The van der Waals surface area contributed by atoms with Crippen molar-refractivity contribution in [3.8, 4) is 0 Å². The first-order chi connectivity index (χ1) is 8.58. The predicted molar refractivity (Wildman–Crippen MR) is 68.5 cm³/mol. The molecule has 1 aromatic carbocycles.